The quantitative estimate of drug-likeness (QED) is 0.438. The minimum Gasteiger partial charge on any atom is -0.475 e. The number of aromatic carboxylic acids is 1. The standard InChI is InChI=1S/C18H13N7O5/c26-16(15-22-14(17(27)28)21-12-5-6-19-25(12)15)20-11-4-2-8-7-9(1-3-10(8)11)13-23-18(29)30-24-13/h1,3,5-7,11H,2,4H2,(H,20,26)(H,27,28)(H,23,24,29)/t11-/m0/s1. The monoisotopic (exact) mass is 407 g/mol. The fourth-order valence-electron chi connectivity index (χ4n) is 3.56. The molecule has 150 valence electrons. The normalized spacial score (nSPS) is 15.3. The second-order valence-corrected chi connectivity index (χ2v) is 6.70. The summed E-state index contributed by atoms with van der Waals surface area (Å²) in [4.78, 5) is 45.5. The van der Waals surface area contributed by atoms with Crippen LogP contribution in [0.25, 0.3) is 17.0 Å². The summed E-state index contributed by atoms with van der Waals surface area (Å²) in [6.07, 6.45) is 2.77. The number of carboxylic acids is 1. The molecular weight excluding hydrogens is 394 g/mol. The predicted octanol–water partition coefficient (Wildman–Crippen LogP) is 0.583. The first-order chi connectivity index (χ1) is 14.5. The summed E-state index contributed by atoms with van der Waals surface area (Å²) in [5, 5.41) is 19.8. The average molecular weight is 407 g/mol. The van der Waals surface area contributed by atoms with Crippen molar-refractivity contribution in [3.05, 3.63) is 63.8 Å². The Morgan fingerprint density at radius 3 is 2.90 bits per heavy atom. The van der Waals surface area contributed by atoms with Crippen molar-refractivity contribution in [3.63, 3.8) is 0 Å². The second-order valence-electron chi connectivity index (χ2n) is 6.70. The fourth-order valence-corrected chi connectivity index (χ4v) is 3.56. The molecule has 3 N–H and O–H groups in total. The van der Waals surface area contributed by atoms with Crippen LogP contribution >= 0.6 is 0 Å². The molecule has 0 spiro atoms. The molecule has 0 bridgehead atoms. The van der Waals surface area contributed by atoms with Crippen LogP contribution in [0.15, 0.2) is 39.8 Å². The fraction of sp³-hybridized carbons (Fsp3) is 0.167. The molecule has 3 heterocycles. The third-order valence-electron chi connectivity index (χ3n) is 4.89. The SMILES string of the molecule is O=C(O)c1nc(C(=O)N[C@H]2CCc3cc(-c4noc(=O)[nH]4)ccc32)n2nccc2n1. The lowest BCUT2D eigenvalue weighted by Crippen LogP contribution is -2.31. The van der Waals surface area contributed by atoms with Crippen LogP contribution in [-0.4, -0.2) is 46.7 Å². The van der Waals surface area contributed by atoms with Crippen LogP contribution in [0.5, 0.6) is 0 Å². The molecule has 0 fully saturated rings. The van der Waals surface area contributed by atoms with Gasteiger partial charge in [0.2, 0.25) is 11.6 Å². The number of hydrogen-bond donors (Lipinski definition) is 3. The highest BCUT2D eigenvalue weighted by molar-refractivity contribution is 5.93. The van der Waals surface area contributed by atoms with E-state index in [0.29, 0.717) is 24.2 Å². The van der Waals surface area contributed by atoms with Crippen LogP contribution in [0.4, 0.5) is 0 Å². The molecule has 1 amide bonds. The summed E-state index contributed by atoms with van der Waals surface area (Å²) < 4.78 is 5.73. The zero-order valence-electron chi connectivity index (χ0n) is 15.2. The molecule has 12 nitrogen and oxygen atoms in total. The maximum Gasteiger partial charge on any atom is 0.439 e. The van der Waals surface area contributed by atoms with Gasteiger partial charge in [0.25, 0.3) is 5.91 Å². The molecule has 30 heavy (non-hydrogen) atoms. The van der Waals surface area contributed by atoms with Crippen molar-refractivity contribution < 1.29 is 19.2 Å². The molecule has 1 aliphatic rings. The van der Waals surface area contributed by atoms with E-state index in [-0.39, 0.29) is 17.5 Å². The Morgan fingerprint density at radius 2 is 2.13 bits per heavy atom. The third kappa shape index (κ3) is 2.90. The molecule has 0 unspecified atom stereocenters. The van der Waals surface area contributed by atoms with Crippen LogP contribution in [0.3, 0.4) is 0 Å². The number of aryl methyl sites for hydroxylation is 1. The molecule has 4 aromatic rings. The van der Waals surface area contributed by atoms with Crippen LogP contribution < -0.4 is 11.1 Å². The van der Waals surface area contributed by atoms with E-state index in [0.717, 1.165) is 11.1 Å². The van der Waals surface area contributed by atoms with Gasteiger partial charge in [0.1, 0.15) is 0 Å². The molecule has 0 aliphatic heterocycles. The molecule has 0 saturated carbocycles. The highest BCUT2D eigenvalue weighted by Gasteiger charge is 2.27. The van der Waals surface area contributed by atoms with Crippen molar-refractivity contribution in [2.75, 3.05) is 0 Å². The number of amides is 1. The van der Waals surface area contributed by atoms with Crippen molar-refractivity contribution in [1.82, 2.24) is 35.0 Å². The Kier molecular flexibility index (Phi) is 3.91. The first kappa shape index (κ1) is 17.7. The number of carbonyl (C=O) groups is 2. The van der Waals surface area contributed by atoms with E-state index in [9.17, 15) is 19.5 Å². The highest BCUT2D eigenvalue weighted by Crippen LogP contribution is 2.33. The number of H-pyrrole nitrogens is 1. The maximum atomic E-state index is 12.9. The maximum absolute atomic E-state index is 12.9. The van der Waals surface area contributed by atoms with Crippen molar-refractivity contribution in [2.24, 2.45) is 0 Å². The molecule has 0 radical (unpaired) electrons. The highest BCUT2D eigenvalue weighted by atomic mass is 16.5. The molecule has 5 rings (SSSR count). The Balaban J connectivity index is 1.44. The minimum atomic E-state index is -1.34. The summed E-state index contributed by atoms with van der Waals surface area (Å²) in [7, 11) is 0. The first-order valence-electron chi connectivity index (χ1n) is 8.95. The van der Waals surface area contributed by atoms with E-state index >= 15 is 0 Å². The number of benzene rings is 1. The number of carboxylic acid groups (broad SMARTS) is 1. The van der Waals surface area contributed by atoms with E-state index in [1.54, 1.807) is 6.07 Å². The molecule has 1 atom stereocenters. The molecule has 12 heteroatoms. The summed E-state index contributed by atoms with van der Waals surface area (Å²) in [6.45, 7) is 0. The zero-order valence-corrected chi connectivity index (χ0v) is 15.2. The second kappa shape index (κ2) is 6.62. The first-order valence-corrected chi connectivity index (χ1v) is 8.95. The Hall–Kier alpha value is -4.35. The summed E-state index contributed by atoms with van der Waals surface area (Å²) >= 11 is 0. The van der Waals surface area contributed by atoms with Gasteiger partial charge in [0, 0.05) is 11.6 Å². The van der Waals surface area contributed by atoms with Crippen molar-refractivity contribution in [1.29, 1.82) is 0 Å². The smallest absolute Gasteiger partial charge is 0.439 e. The summed E-state index contributed by atoms with van der Waals surface area (Å²) in [6, 6.07) is 6.71. The van der Waals surface area contributed by atoms with Crippen LogP contribution in [-0.2, 0) is 6.42 Å². The number of hydrogen-bond acceptors (Lipinski definition) is 8. The number of nitrogens with zero attached hydrogens (tertiary/aromatic N) is 5. The number of nitrogens with one attached hydrogen (secondary N) is 2. The van der Waals surface area contributed by atoms with E-state index in [4.69, 9.17) is 0 Å². The Labute approximate surface area is 166 Å². The third-order valence-corrected chi connectivity index (χ3v) is 4.89. The van der Waals surface area contributed by atoms with Crippen LogP contribution in [0, 0.1) is 0 Å². The van der Waals surface area contributed by atoms with Gasteiger partial charge in [-0.15, -0.1) is 0 Å². The van der Waals surface area contributed by atoms with Gasteiger partial charge in [-0.1, -0.05) is 17.3 Å². The van der Waals surface area contributed by atoms with Gasteiger partial charge in [0.15, 0.2) is 11.5 Å². The van der Waals surface area contributed by atoms with E-state index in [2.05, 4.69) is 35.0 Å². The van der Waals surface area contributed by atoms with Gasteiger partial charge >= 0.3 is 11.7 Å². The zero-order chi connectivity index (χ0) is 20.8. The molecule has 1 aliphatic carbocycles. The summed E-state index contributed by atoms with van der Waals surface area (Å²) in [5.41, 5.74) is 2.83. The number of rotatable bonds is 4. The van der Waals surface area contributed by atoms with Crippen molar-refractivity contribution in [3.8, 4) is 11.4 Å². The Bertz CT molecular complexity index is 1370. The van der Waals surface area contributed by atoms with E-state index in [1.165, 1.54) is 16.8 Å². The molecule has 1 aromatic carbocycles. The van der Waals surface area contributed by atoms with E-state index < -0.39 is 23.5 Å². The van der Waals surface area contributed by atoms with Crippen LogP contribution in [0.1, 0.15) is 44.8 Å². The lowest BCUT2D eigenvalue weighted by Gasteiger charge is -2.14. The molecule has 3 aromatic heterocycles. The topological polar surface area (TPSA) is 168 Å². The van der Waals surface area contributed by atoms with Gasteiger partial charge in [-0.2, -0.15) is 14.6 Å². The number of aromatic amines is 1. The average Bonchev–Trinajstić information content (AvgIpc) is 3.46. The lowest BCUT2D eigenvalue weighted by molar-refractivity contribution is 0.0683. The number of carbonyl (C=O) groups excluding carboxylic acids is 1. The van der Waals surface area contributed by atoms with Gasteiger partial charge in [-0.05, 0) is 30.0 Å². The van der Waals surface area contributed by atoms with Gasteiger partial charge < -0.3 is 10.4 Å². The molecule has 0 saturated heterocycles. The Morgan fingerprint density at radius 1 is 1.27 bits per heavy atom. The number of fused-ring (bicyclic) bond motifs is 2. The minimum absolute atomic E-state index is 0.160. The predicted molar refractivity (Wildman–Crippen MR) is 98.8 cm³/mol. The van der Waals surface area contributed by atoms with Gasteiger partial charge in [0.05, 0.1) is 12.2 Å². The molecular formula is C18H13N7O5. The van der Waals surface area contributed by atoms with Gasteiger partial charge in [-0.25, -0.2) is 14.6 Å². The summed E-state index contributed by atoms with van der Waals surface area (Å²) in [5.74, 6) is -2.84. The van der Waals surface area contributed by atoms with Crippen molar-refractivity contribution in [2.45, 2.75) is 18.9 Å². The van der Waals surface area contributed by atoms with Crippen LogP contribution in [0.2, 0.25) is 0 Å². The van der Waals surface area contributed by atoms with Crippen molar-refractivity contribution >= 4 is 17.5 Å². The van der Waals surface area contributed by atoms with E-state index in [1.807, 2.05) is 12.1 Å². The van der Waals surface area contributed by atoms with Gasteiger partial charge in [-0.3, -0.25) is 14.3 Å². The lowest BCUT2D eigenvalue weighted by atomic mass is 10.0. The largest absolute Gasteiger partial charge is 0.475 e. The number of aromatic nitrogens is 6.